The van der Waals surface area contributed by atoms with Gasteiger partial charge in [-0.05, 0) is 30.7 Å². The summed E-state index contributed by atoms with van der Waals surface area (Å²) in [4.78, 5) is 9.00. The summed E-state index contributed by atoms with van der Waals surface area (Å²) in [5.41, 5.74) is 2.69. The quantitative estimate of drug-likeness (QED) is 0.883. The van der Waals surface area contributed by atoms with Crippen LogP contribution in [0.2, 0.25) is 10.0 Å². The molecule has 0 atom stereocenters. The maximum Gasteiger partial charge on any atom is 0.0872 e. The lowest BCUT2D eigenvalue weighted by molar-refractivity contribution is -0.0875. The first-order valence-electron chi connectivity index (χ1n) is 8.50. The first-order chi connectivity index (χ1) is 11.9. The zero-order chi connectivity index (χ0) is 17.6. The van der Waals surface area contributed by atoms with Crippen LogP contribution >= 0.6 is 23.2 Å². The molecule has 2 aliphatic heterocycles. The molecule has 2 saturated heterocycles. The van der Waals surface area contributed by atoms with Gasteiger partial charge >= 0.3 is 0 Å². The van der Waals surface area contributed by atoms with Crippen molar-refractivity contribution in [3.63, 3.8) is 0 Å². The summed E-state index contributed by atoms with van der Waals surface area (Å²) in [5.74, 6) is 0.457. The molecule has 2 fully saturated rings. The summed E-state index contributed by atoms with van der Waals surface area (Å²) in [6.07, 6.45) is 1.98. The number of rotatable bonds is 4. The number of anilines is 1. The third-order valence-corrected chi connectivity index (χ3v) is 5.58. The molecule has 2 aliphatic rings. The first-order valence-corrected chi connectivity index (χ1v) is 9.25. The highest BCUT2D eigenvalue weighted by atomic mass is 35.5. The Labute approximate surface area is 158 Å². The van der Waals surface area contributed by atoms with Gasteiger partial charge in [0.25, 0.3) is 0 Å². The Hall–Kier alpha value is -1.33. The van der Waals surface area contributed by atoms with E-state index in [1.807, 2.05) is 31.3 Å². The van der Waals surface area contributed by atoms with Crippen LogP contribution in [-0.2, 0) is 6.54 Å². The van der Waals surface area contributed by atoms with Crippen molar-refractivity contribution in [1.29, 1.82) is 0 Å². The predicted molar refractivity (Wildman–Crippen MR) is 102 cm³/mol. The van der Waals surface area contributed by atoms with Crippen molar-refractivity contribution in [3.8, 4) is 0 Å². The number of halogens is 2. The van der Waals surface area contributed by atoms with Crippen molar-refractivity contribution in [2.45, 2.75) is 25.0 Å². The van der Waals surface area contributed by atoms with Crippen molar-refractivity contribution in [2.24, 2.45) is 0 Å². The number of aromatic nitrogens is 1. The highest BCUT2D eigenvalue weighted by Crippen LogP contribution is 2.39. The molecule has 0 unspecified atom stereocenters. The van der Waals surface area contributed by atoms with E-state index in [0.717, 1.165) is 31.0 Å². The monoisotopic (exact) mass is 377 g/mol. The Kier molecular flexibility index (Phi) is 4.40. The molecule has 25 heavy (non-hydrogen) atoms. The van der Waals surface area contributed by atoms with Gasteiger partial charge in [-0.2, -0.15) is 0 Å². The Bertz CT molecular complexity index is 744. The van der Waals surface area contributed by atoms with Crippen LogP contribution in [0.15, 0.2) is 36.5 Å². The molecule has 6 heteroatoms. The number of para-hydroxylation sites is 1. The Balaban J connectivity index is 1.35. The maximum absolute atomic E-state index is 9.79. The molecule has 4 rings (SSSR count). The van der Waals surface area contributed by atoms with Crippen LogP contribution in [0.4, 0.5) is 5.69 Å². The average molecular weight is 378 g/mol. The van der Waals surface area contributed by atoms with Crippen molar-refractivity contribution >= 4 is 28.9 Å². The fourth-order valence-corrected chi connectivity index (χ4v) is 4.33. The second kappa shape index (κ2) is 6.44. The van der Waals surface area contributed by atoms with Gasteiger partial charge in [0.2, 0.25) is 0 Å². The van der Waals surface area contributed by atoms with Crippen molar-refractivity contribution in [2.75, 3.05) is 31.1 Å². The molecule has 2 aromatic rings. The standard InChI is InChI=1S/C19H21Cl2N3O/c1-19(25)11-23(12-19)10-15-6-5-13(7-22-15)14-8-24(9-14)18-16(20)3-2-4-17(18)21/h2-7,14,25H,8-12H2,1H3. The molecular weight excluding hydrogens is 357 g/mol. The fourth-order valence-electron chi connectivity index (χ4n) is 3.69. The molecule has 4 nitrogen and oxygen atoms in total. The van der Waals surface area contributed by atoms with Crippen LogP contribution < -0.4 is 4.90 Å². The minimum atomic E-state index is -0.532. The van der Waals surface area contributed by atoms with E-state index in [4.69, 9.17) is 23.2 Å². The van der Waals surface area contributed by atoms with E-state index in [-0.39, 0.29) is 0 Å². The van der Waals surface area contributed by atoms with Crippen molar-refractivity contribution in [3.05, 3.63) is 57.8 Å². The topological polar surface area (TPSA) is 39.6 Å². The van der Waals surface area contributed by atoms with Gasteiger partial charge in [-0.25, -0.2) is 0 Å². The summed E-state index contributed by atoms with van der Waals surface area (Å²) in [6, 6.07) is 9.87. The number of hydrogen-bond acceptors (Lipinski definition) is 4. The Morgan fingerprint density at radius 1 is 1.16 bits per heavy atom. The molecule has 0 aliphatic carbocycles. The van der Waals surface area contributed by atoms with E-state index in [1.54, 1.807) is 0 Å². The largest absolute Gasteiger partial charge is 0.388 e. The maximum atomic E-state index is 9.79. The van der Waals surface area contributed by atoms with Crippen LogP contribution in [-0.4, -0.2) is 46.8 Å². The fraction of sp³-hybridized carbons (Fsp3) is 0.421. The molecule has 0 radical (unpaired) electrons. The lowest BCUT2D eigenvalue weighted by Crippen LogP contribution is -2.59. The van der Waals surface area contributed by atoms with Gasteiger partial charge < -0.3 is 10.0 Å². The lowest BCUT2D eigenvalue weighted by atomic mass is 9.91. The normalized spacial score (nSPS) is 20.2. The van der Waals surface area contributed by atoms with Gasteiger partial charge in [-0.1, -0.05) is 35.3 Å². The average Bonchev–Trinajstić information content (AvgIpc) is 2.48. The van der Waals surface area contributed by atoms with E-state index < -0.39 is 5.60 Å². The SMILES string of the molecule is CC1(O)CN(Cc2ccc(C3CN(c4c(Cl)cccc4Cl)C3)cn2)C1. The van der Waals surface area contributed by atoms with Gasteiger partial charge in [0, 0.05) is 44.8 Å². The smallest absolute Gasteiger partial charge is 0.0872 e. The number of hydrogen-bond donors (Lipinski definition) is 1. The van der Waals surface area contributed by atoms with Gasteiger partial charge in [0.05, 0.1) is 27.0 Å². The van der Waals surface area contributed by atoms with E-state index >= 15 is 0 Å². The zero-order valence-electron chi connectivity index (χ0n) is 14.1. The molecule has 1 N–H and O–H groups in total. The highest BCUT2D eigenvalue weighted by molar-refractivity contribution is 6.39. The zero-order valence-corrected chi connectivity index (χ0v) is 15.6. The van der Waals surface area contributed by atoms with Gasteiger partial charge in [0.1, 0.15) is 0 Å². The first kappa shape index (κ1) is 17.1. The molecule has 0 spiro atoms. The molecule has 0 bridgehead atoms. The van der Waals surface area contributed by atoms with Crippen LogP contribution in [0.5, 0.6) is 0 Å². The van der Waals surface area contributed by atoms with E-state index in [1.165, 1.54) is 5.56 Å². The Morgan fingerprint density at radius 2 is 1.84 bits per heavy atom. The predicted octanol–water partition coefficient (Wildman–Crippen LogP) is 3.56. The van der Waals surface area contributed by atoms with Crippen LogP contribution in [0.25, 0.3) is 0 Å². The summed E-state index contributed by atoms with van der Waals surface area (Å²) < 4.78 is 0. The summed E-state index contributed by atoms with van der Waals surface area (Å²) in [5, 5.41) is 11.2. The molecule has 1 aromatic heterocycles. The third kappa shape index (κ3) is 3.49. The number of nitrogens with zero attached hydrogens (tertiary/aromatic N) is 3. The van der Waals surface area contributed by atoms with Crippen molar-refractivity contribution in [1.82, 2.24) is 9.88 Å². The molecular formula is C19H21Cl2N3O. The molecule has 3 heterocycles. The minimum absolute atomic E-state index is 0.457. The van der Waals surface area contributed by atoms with Crippen molar-refractivity contribution < 1.29 is 5.11 Å². The second-order valence-corrected chi connectivity index (χ2v) is 8.21. The Morgan fingerprint density at radius 3 is 2.40 bits per heavy atom. The summed E-state index contributed by atoms with van der Waals surface area (Å²) >= 11 is 12.6. The molecule has 132 valence electrons. The highest BCUT2D eigenvalue weighted by Gasteiger charge is 2.36. The van der Waals surface area contributed by atoms with Crippen LogP contribution in [0, 0.1) is 0 Å². The summed E-state index contributed by atoms with van der Waals surface area (Å²) in [6.45, 7) is 5.90. The van der Waals surface area contributed by atoms with Gasteiger partial charge in [-0.15, -0.1) is 0 Å². The van der Waals surface area contributed by atoms with Gasteiger partial charge in [0.15, 0.2) is 0 Å². The second-order valence-electron chi connectivity index (χ2n) is 7.40. The van der Waals surface area contributed by atoms with Gasteiger partial charge in [-0.3, -0.25) is 9.88 Å². The number of likely N-dealkylation sites (tertiary alicyclic amines) is 1. The molecule has 0 amide bonds. The lowest BCUT2D eigenvalue weighted by Gasteiger charge is -2.44. The molecule has 0 saturated carbocycles. The van der Waals surface area contributed by atoms with E-state index in [2.05, 4.69) is 26.9 Å². The number of pyridine rings is 1. The van der Waals surface area contributed by atoms with Crippen LogP contribution in [0.3, 0.4) is 0 Å². The minimum Gasteiger partial charge on any atom is -0.388 e. The van der Waals surface area contributed by atoms with E-state index in [0.29, 0.717) is 29.1 Å². The third-order valence-electron chi connectivity index (χ3n) is 4.97. The number of β-amino-alcohol motifs (C(OH)–C–C–N with tert-alkyl or cyclic N) is 1. The van der Waals surface area contributed by atoms with Crippen LogP contribution in [0.1, 0.15) is 24.1 Å². The van der Waals surface area contributed by atoms with E-state index in [9.17, 15) is 5.11 Å². The molecule has 1 aromatic carbocycles. The number of benzene rings is 1. The summed E-state index contributed by atoms with van der Waals surface area (Å²) in [7, 11) is 0. The number of aliphatic hydroxyl groups is 1.